The molecule has 0 fully saturated rings. The van der Waals surface area contributed by atoms with E-state index in [-0.39, 0.29) is 41.8 Å². The molecule has 4 rings (SSSR count). The SMILES string of the molecule is CNC(=O)COc1cccc(Nc2ncc(F)c(Nc3ccc4c(n3)NC(=O)C(C)(C)O4)n2)c1. The van der Waals surface area contributed by atoms with Gasteiger partial charge < -0.3 is 30.7 Å². The van der Waals surface area contributed by atoms with Gasteiger partial charge in [0.25, 0.3) is 11.8 Å². The molecule has 2 aromatic heterocycles. The van der Waals surface area contributed by atoms with Crippen LogP contribution in [0, 0.1) is 5.82 Å². The van der Waals surface area contributed by atoms with E-state index in [0.29, 0.717) is 17.2 Å². The fourth-order valence-corrected chi connectivity index (χ4v) is 2.92. The van der Waals surface area contributed by atoms with Crippen molar-refractivity contribution in [3.63, 3.8) is 0 Å². The summed E-state index contributed by atoms with van der Waals surface area (Å²) in [7, 11) is 1.52. The highest BCUT2D eigenvalue weighted by atomic mass is 19.1. The van der Waals surface area contributed by atoms with Crippen molar-refractivity contribution in [2.45, 2.75) is 19.4 Å². The van der Waals surface area contributed by atoms with Crippen molar-refractivity contribution in [2.24, 2.45) is 0 Å². The third-order valence-corrected chi connectivity index (χ3v) is 4.73. The summed E-state index contributed by atoms with van der Waals surface area (Å²) in [4.78, 5) is 35.9. The van der Waals surface area contributed by atoms with Gasteiger partial charge in [0, 0.05) is 18.8 Å². The van der Waals surface area contributed by atoms with Crippen LogP contribution in [0.5, 0.6) is 11.5 Å². The van der Waals surface area contributed by atoms with Gasteiger partial charge in [0.05, 0.1) is 6.20 Å². The molecule has 1 aliphatic rings. The quantitative estimate of drug-likeness (QED) is 0.413. The number of pyridine rings is 1. The summed E-state index contributed by atoms with van der Waals surface area (Å²) in [5.41, 5.74) is -0.449. The maximum Gasteiger partial charge on any atom is 0.269 e. The first-order chi connectivity index (χ1) is 16.2. The number of fused-ring (bicyclic) bond motifs is 1. The summed E-state index contributed by atoms with van der Waals surface area (Å²) >= 11 is 0. The molecule has 0 radical (unpaired) electrons. The van der Waals surface area contributed by atoms with Crippen LogP contribution in [-0.4, -0.2) is 46.0 Å². The van der Waals surface area contributed by atoms with E-state index in [1.165, 1.54) is 7.05 Å². The molecular formula is C22H22FN7O4. The largest absolute Gasteiger partial charge is 0.484 e. The molecule has 0 saturated heterocycles. The van der Waals surface area contributed by atoms with E-state index in [9.17, 15) is 14.0 Å². The van der Waals surface area contributed by atoms with E-state index in [4.69, 9.17) is 9.47 Å². The number of benzene rings is 1. The maximum absolute atomic E-state index is 14.4. The molecule has 0 bridgehead atoms. The molecule has 1 aromatic carbocycles. The molecule has 0 saturated carbocycles. The van der Waals surface area contributed by atoms with E-state index >= 15 is 0 Å². The maximum atomic E-state index is 14.4. The minimum Gasteiger partial charge on any atom is -0.484 e. The van der Waals surface area contributed by atoms with Crippen LogP contribution in [-0.2, 0) is 9.59 Å². The van der Waals surface area contributed by atoms with E-state index < -0.39 is 11.4 Å². The Kier molecular flexibility index (Phi) is 6.13. The van der Waals surface area contributed by atoms with Crippen LogP contribution in [0.25, 0.3) is 0 Å². The molecule has 3 aromatic rings. The predicted octanol–water partition coefficient (Wildman–Crippen LogP) is 2.73. The second-order valence-electron chi connectivity index (χ2n) is 7.74. The zero-order chi connectivity index (χ0) is 24.3. The summed E-state index contributed by atoms with van der Waals surface area (Å²) < 4.78 is 25.4. The van der Waals surface area contributed by atoms with Gasteiger partial charge in [-0.25, -0.2) is 14.4 Å². The number of aromatic nitrogens is 3. The topological polar surface area (TPSA) is 139 Å². The van der Waals surface area contributed by atoms with Crippen molar-refractivity contribution in [3.05, 3.63) is 48.4 Å². The summed E-state index contributed by atoms with van der Waals surface area (Å²) in [5, 5.41) is 10.9. The van der Waals surface area contributed by atoms with Crippen LogP contribution in [0.15, 0.2) is 42.6 Å². The number of amides is 2. The monoisotopic (exact) mass is 467 g/mol. The lowest BCUT2D eigenvalue weighted by atomic mass is 10.1. The second-order valence-corrected chi connectivity index (χ2v) is 7.74. The number of nitrogens with one attached hydrogen (secondary N) is 4. The molecule has 0 atom stereocenters. The van der Waals surface area contributed by atoms with Crippen molar-refractivity contribution in [3.8, 4) is 11.5 Å². The van der Waals surface area contributed by atoms with Crippen LogP contribution in [0.1, 0.15) is 13.8 Å². The number of halogens is 1. The van der Waals surface area contributed by atoms with Gasteiger partial charge >= 0.3 is 0 Å². The Bertz CT molecular complexity index is 1250. The Morgan fingerprint density at radius 2 is 2.03 bits per heavy atom. The van der Waals surface area contributed by atoms with Crippen LogP contribution in [0.4, 0.5) is 33.5 Å². The highest BCUT2D eigenvalue weighted by molar-refractivity contribution is 5.99. The molecule has 12 heteroatoms. The first kappa shape index (κ1) is 22.7. The number of carbonyl (C=O) groups is 2. The van der Waals surface area contributed by atoms with Crippen molar-refractivity contribution in [1.82, 2.24) is 20.3 Å². The molecule has 0 unspecified atom stereocenters. The lowest BCUT2D eigenvalue weighted by molar-refractivity contribution is -0.129. The summed E-state index contributed by atoms with van der Waals surface area (Å²) in [5.74, 6) is 0.0100. The lowest BCUT2D eigenvalue weighted by Gasteiger charge is -2.30. The highest BCUT2D eigenvalue weighted by Gasteiger charge is 2.36. The molecule has 4 N–H and O–H groups in total. The minimum absolute atomic E-state index is 0.115. The van der Waals surface area contributed by atoms with Crippen LogP contribution in [0.2, 0.25) is 0 Å². The Labute approximate surface area is 194 Å². The molecule has 1 aliphatic heterocycles. The first-order valence-electron chi connectivity index (χ1n) is 10.2. The number of hydrogen-bond acceptors (Lipinski definition) is 9. The summed E-state index contributed by atoms with van der Waals surface area (Å²) in [6.45, 7) is 3.16. The smallest absolute Gasteiger partial charge is 0.269 e. The fourth-order valence-electron chi connectivity index (χ4n) is 2.92. The molecule has 3 heterocycles. The summed E-state index contributed by atoms with van der Waals surface area (Å²) in [6.07, 6.45) is 1.01. The van der Waals surface area contributed by atoms with Crippen molar-refractivity contribution >= 4 is 40.9 Å². The molecule has 2 amide bonds. The van der Waals surface area contributed by atoms with Crippen molar-refractivity contribution in [2.75, 3.05) is 29.6 Å². The van der Waals surface area contributed by atoms with Gasteiger partial charge in [-0.1, -0.05) is 6.07 Å². The zero-order valence-corrected chi connectivity index (χ0v) is 18.6. The highest BCUT2D eigenvalue weighted by Crippen LogP contribution is 2.33. The number of nitrogens with zero attached hydrogens (tertiary/aromatic N) is 3. The number of hydrogen-bond donors (Lipinski definition) is 4. The molecule has 0 aliphatic carbocycles. The fraction of sp³-hybridized carbons (Fsp3) is 0.227. The van der Waals surface area contributed by atoms with Crippen LogP contribution in [0.3, 0.4) is 0 Å². The van der Waals surface area contributed by atoms with Crippen LogP contribution >= 0.6 is 0 Å². The van der Waals surface area contributed by atoms with Gasteiger partial charge in [-0.3, -0.25) is 9.59 Å². The number of carbonyl (C=O) groups excluding carboxylic acids is 2. The second kappa shape index (κ2) is 9.17. The average molecular weight is 467 g/mol. The predicted molar refractivity (Wildman–Crippen MR) is 122 cm³/mol. The third kappa shape index (κ3) is 5.11. The van der Waals surface area contributed by atoms with Crippen molar-refractivity contribution in [1.29, 1.82) is 0 Å². The Hall–Kier alpha value is -4.48. The number of ether oxygens (including phenoxy) is 2. The number of rotatable bonds is 7. The molecule has 34 heavy (non-hydrogen) atoms. The van der Waals surface area contributed by atoms with Gasteiger partial charge in [0.2, 0.25) is 5.95 Å². The van der Waals surface area contributed by atoms with E-state index in [1.54, 1.807) is 50.2 Å². The standard InChI is InChI=1S/C22H22FN7O4/c1-22(2)20(32)29-19-15(34-22)7-8-16(28-19)27-18-14(23)10-25-21(30-18)26-12-5-4-6-13(9-12)33-11-17(31)24-3/h4-10H,11H2,1-3H3,(H,24,31)(H3,25,26,27,28,29,30,32). The molecular weight excluding hydrogens is 445 g/mol. The molecule has 0 spiro atoms. The lowest BCUT2D eigenvalue weighted by Crippen LogP contribution is -2.46. The zero-order valence-electron chi connectivity index (χ0n) is 18.6. The molecule has 11 nitrogen and oxygen atoms in total. The summed E-state index contributed by atoms with van der Waals surface area (Å²) in [6, 6.07) is 10.00. The van der Waals surface area contributed by atoms with E-state index in [1.807, 2.05) is 0 Å². The third-order valence-electron chi connectivity index (χ3n) is 4.73. The van der Waals surface area contributed by atoms with Crippen LogP contribution < -0.4 is 30.7 Å². The van der Waals surface area contributed by atoms with Gasteiger partial charge in [0.15, 0.2) is 35.4 Å². The van der Waals surface area contributed by atoms with Gasteiger partial charge in [-0.2, -0.15) is 4.98 Å². The average Bonchev–Trinajstić information content (AvgIpc) is 2.81. The Morgan fingerprint density at radius 1 is 1.21 bits per heavy atom. The normalized spacial score (nSPS) is 13.7. The number of likely N-dealkylation sites (N-methyl/N-ethyl adjacent to an activating group) is 1. The minimum atomic E-state index is -1.02. The number of anilines is 5. The Balaban J connectivity index is 1.49. The van der Waals surface area contributed by atoms with Crippen molar-refractivity contribution < 1.29 is 23.5 Å². The van der Waals surface area contributed by atoms with Gasteiger partial charge in [-0.15, -0.1) is 0 Å². The van der Waals surface area contributed by atoms with Gasteiger partial charge in [-0.05, 0) is 38.1 Å². The van der Waals surface area contributed by atoms with E-state index in [0.717, 1.165) is 6.20 Å². The Morgan fingerprint density at radius 3 is 2.82 bits per heavy atom. The van der Waals surface area contributed by atoms with Gasteiger partial charge in [0.1, 0.15) is 11.6 Å². The first-order valence-corrected chi connectivity index (χ1v) is 10.2. The molecule has 176 valence electrons. The van der Waals surface area contributed by atoms with E-state index in [2.05, 4.69) is 36.2 Å².